The van der Waals surface area contributed by atoms with Gasteiger partial charge in [-0.1, -0.05) is 42.4 Å². The summed E-state index contributed by atoms with van der Waals surface area (Å²) >= 11 is 6.56. The van der Waals surface area contributed by atoms with E-state index in [1.807, 2.05) is 61.5 Å². The second-order valence-corrected chi connectivity index (χ2v) is 6.78. The average Bonchev–Trinajstić information content (AvgIpc) is 2.67. The first kappa shape index (κ1) is 18.9. The third kappa shape index (κ3) is 3.53. The lowest BCUT2D eigenvalue weighted by atomic mass is 9.81. The summed E-state index contributed by atoms with van der Waals surface area (Å²) < 4.78 is 5.40. The Morgan fingerprint density at radius 1 is 1.07 bits per heavy atom. The van der Waals surface area contributed by atoms with Crippen LogP contribution in [0, 0.1) is 0 Å². The first-order chi connectivity index (χ1) is 13.0. The molecule has 0 unspecified atom stereocenters. The zero-order valence-corrected chi connectivity index (χ0v) is 16.7. The fourth-order valence-electron chi connectivity index (χ4n) is 3.11. The van der Waals surface area contributed by atoms with E-state index in [1.165, 1.54) is 0 Å². The lowest BCUT2D eigenvalue weighted by Crippen LogP contribution is -2.17. The molecule has 3 rings (SSSR count). The standard InChI is InChI=1S/C22H22ClN3O/c1-14-16-8-6-7-9-17(16)21(24-2)22(25-13-26(3)4)20(14)18-12-15(27-5)10-11-19(18)23/h6-13H,1H2,2-5H3/b24-21-,25-13+. The van der Waals surface area contributed by atoms with Crippen molar-refractivity contribution in [2.75, 3.05) is 28.3 Å². The highest BCUT2D eigenvalue weighted by Crippen LogP contribution is 2.43. The smallest absolute Gasteiger partial charge is 0.119 e. The number of hydrogen-bond acceptors (Lipinski definition) is 3. The number of hydrogen-bond donors (Lipinski definition) is 0. The Hall–Kier alpha value is -2.85. The van der Waals surface area contributed by atoms with Gasteiger partial charge in [-0.15, -0.1) is 0 Å². The molecule has 0 amide bonds. The van der Waals surface area contributed by atoms with Gasteiger partial charge in [0.25, 0.3) is 0 Å². The van der Waals surface area contributed by atoms with Crippen molar-refractivity contribution in [1.29, 1.82) is 0 Å². The lowest BCUT2D eigenvalue weighted by Gasteiger charge is -2.25. The molecule has 0 fully saturated rings. The van der Waals surface area contributed by atoms with Crippen molar-refractivity contribution in [1.82, 2.24) is 4.90 Å². The lowest BCUT2D eigenvalue weighted by molar-refractivity contribution is 0.414. The SMILES string of the molecule is C=C1C(c2cc(OC)ccc2Cl)=C(/N=C/N(C)C)/C(=N\C)c2ccccc21. The van der Waals surface area contributed by atoms with Gasteiger partial charge < -0.3 is 9.64 Å². The van der Waals surface area contributed by atoms with Gasteiger partial charge in [0.2, 0.25) is 0 Å². The van der Waals surface area contributed by atoms with E-state index < -0.39 is 0 Å². The fourth-order valence-corrected chi connectivity index (χ4v) is 3.33. The molecule has 1 aliphatic rings. The molecule has 138 valence electrons. The van der Waals surface area contributed by atoms with E-state index in [0.717, 1.165) is 45.0 Å². The van der Waals surface area contributed by atoms with Gasteiger partial charge in [-0.25, -0.2) is 4.99 Å². The van der Waals surface area contributed by atoms with Crippen molar-refractivity contribution in [2.45, 2.75) is 0 Å². The number of rotatable bonds is 4. The van der Waals surface area contributed by atoms with Gasteiger partial charge in [0.15, 0.2) is 0 Å². The first-order valence-corrected chi connectivity index (χ1v) is 8.90. The van der Waals surface area contributed by atoms with Crippen molar-refractivity contribution < 1.29 is 4.74 Å². The molecule has 27 heavy (non-hydrogen) atoms. The maximum absolute atomic E-state index is 6.56. The van der Waals surface area contributed by atoms with Crippen molar-refractivity contribution in [3.63, 3.8) is 0 Å². The van der Waals surface area contributed by atoms with Gasteiger partial charge in [0.05, 0.1) is 24.9 Å². The molecule has 0 spiro atoms. The molecule has 0 saturated heterocycles. The van der Waals surface area contributed by atoms with Crippen molar-refractivity contribution in [3.8, 4) is 5.75 Å². The second kappa shape index (κ2) is 7.80. The van der Waals surface area contributed by atoms with E-state index in [9.17, 15) is 0 Å². The van der Waals surface area contributed by atoms with Crippen LogP contribution in [0.3, 0.4) is 0 Å². The minimum absolute atomic E-state index is 0.610. The fraction of sp³-hybridized carbons (Fsp3) is 0.182. The summed E-state index contributed by atoms with van der Waals surface area (Å²) in [5.74, 6) is 0.722. The summed E-state index contributed by atoms with van der Waals surface area (Å²) in [6.07, 6.45) is 1.76. The Morgan fingerprint density at radius 3 is 2.41 bits per heavy atom. The minimum atomic E-state index is 0.610. The van der Waals surface area contributed by atoms with Gasteiger partial charge in [-0.05, 0) is 29.3 Å². The summed E-state index contributed by atoms with van der Waals surface area (Å²) in [5, 5.41) is 0.610. The molecule has 1 aliphatic carbocycles. The molecule has 2 aromatic carbocycles. The van der Waals surface area contributed by atoms with E-state index >= 15 is 0 Å². The van der Waals surface area contributed by atoms with Crippen molar-refractivity contribution in [2.24, 2.45) is 9.98 Å². The van der Waals surface area contributed by atoms with Gasteiger partial charge in [0, 0.05) is 42.9 Å². The van der Waals surface area contributed by atoms with Crippen LogP contribution in [0.4, 0.5) is 0 Å². The summed E-state index contributed by atoms with van der Waals surface area (Å²) in [5.41, 5.74) is 6.13. The van der Waals surface area contributed by atoms with Crippen LogP contribution in [0.5, 0.6) is 5.75 Å². The third-order valence-electron chi connectivity index (χ3n) is 4.35. The minimum Gasteiger partial charge on any atom is -0.497 e. The van der Waals surface area contributed by atoms with Gasteiger partial charge in [-0.3, -0.25) is 4.99 Å². The molecular formula is C22H22ClN3O. The maximum Gasteiger partial charge on any atom is 0.119 e. The molecule has 0 heterocycles. The number of benzene rings is 2. The molecular weight excluding hydrogens is 358 g/mol. The zero-order chi connectivity index (χ0) is 19.6. The number of aliphatic imine (C=N–C) groups is 2. The number of allylic oxidation sites excluding steroid dienone is 3. The molecule has 4 nitrogen and oxygen atoms in total. The quantitative estimate of drug-likeness (QED) is 0.565. The maximum atomic E-state index is 6.56. The van der Waals surface area contributed by atoms with E-state index in [4.69, 9.17) is 21.3 Å². The molecule has 0 aliphatic heterocycles. The van der Waals surface area contributed by atoms with Crippen LogP contribution >= 0.6 is 11.6 Å². The second-order valence-electron chi connectivity index (χ2n) is 6.37. The van der Waals surface area contributed by atoms with Crippen molar-refractivity contribution >= 4 is 34.8 Å². The monoisotopic (exact) mass is 379 g/mol. The van der Waals surface area contributed by atoms with Crippen LogP contribution in [0.2, 0.25) is 5.02 Å². The predicted molar refractivity (Wildman–Crippen MR) is 115 cm³/mol. The Morgan fingerprint density at radius 2 is 1.78 bits per heavy atom. The predicted octanol–water partition coefficient (Wildman–Crippen LogP) is 4.80. The average molecular weight is 380 g/mol. The van der Waals surface area contributed by atoms with Crippen LogP contribution in [0.25, 0.3) is 11.1 Å². The zero-order valence-electron chi connectivity index (χ0n) is 16.0. The van der Waals surface area contributed by atoms with Crippen molar-refractivity contribution in [3.05, 3.63) is 76.5 Å². The Bertz CT molecular complexity index is 987. The van der Waals surface area contributed by atoms with Gasteiger partial charge in [-0.2, -0.15) is 0 Å². The Labute approximate surface area is 165 Å². The van der Waals surface area contributed by atoms with Crippen LogP contribution in [0.15, 0.2) is 64.7 Å². The molecule has 0 atom stereocenters. The first-order valence-electron chi connectivity index (χ1n) is 8.53. The van der Waals surface area contributed by atoms with E-state index in [1.54, 1.807) is 20.5 Å². The topological polar surface area (TPSA) is 37.2 Å². The summed E-state index contributed by atoms with van der Waals surface area (Å²) in [6, 6.07) is 13.6. The number of nitrogens with zero attached hydrogens (tertiary/aromatic N) is 3. The molecule has 0 aromatic heterocycles. The number of ether oxygens (including phenoxy) is 1. The van der Waals surface area contributed by atoms with Crippen LogP contribution in [0.1, 0.15) is 16.7 Å². The third-order valence-corrected chi connectivity index (χ3v) is 4.68. The Kier molecular flexibility index (Phi) is 5.47. The number of halogens is 1. The number of methoxy groups -OCH3 is 1. The highest BCUT2D eigenvalue weighted by Gasteiger charge is 2.28. The normalized spacial score (nSPS) is 15.4. The highest BCUT2D eigenvalue weighted by molar-refractivity contribution is 6.36. The summed E-state index contributed by atoms with van der Waals surface area (Å²) in [4.78, 5) is 11.2. The molecule has 2 aromatic rings. The molecule has 5 heteroatoms. The van der Waals surface area contributed by atoms with E-state index in [0.29, 0.717) is 5.02 Å². The molecule has 0 radical (unpaired) electrons. The van der Waals surface area contributed by atoms with Crippen LogP contribution in [-0.4, -0.2) is 45.2 Å². The highest BCUT2D eigenvalue weighted by atomic mass is 35.5. The van der Waals surface area contributed by atoms with Gasteiger partial charge >= 0.3 is 0 Å². The number of fused-ring (bicyclic) bond motifs is 1. The Balaban J connectivity index is 2.36. The molecule has 0 N–H and O–H groups in total. The van der Waals surface area contributed by atoms with Crippen LogP contribution < -0.4 is 4.74 Å². The summed E-state index contributed by atoms with van der Waals surface area (Å²) in [7, 11) is 7.26. The van der Waals surface area contributed by atoms with E-state index in [-0.39, 0.29) is 0 Å². The van der Waals surface area contributed by atoms with E-state index in [2.05, 4.69) is 11.6 Å². The van der Waals surface area contributed by atoms with Crippen LogP contribution in [-0.2, 0) is 0 Å². The summed E-state index contributed by atoms with van der Waals surface area (Å²) in [6.45, 7) is 4.36. The largest absolute Gasteiger partial charge is 0.497 e. The van der Waals surface area contributed by atoms with Gasteiger partial charge in [0.1, 0.15) is 5.75 Å². The molecule has 0 bridgehead atoms. The molecule has 0 saturated carbocycles.